The molecule has 2 unspecified atom stereocenters. The van der Waals surface area contributed by atoms with Gasteiger partial charge in [-0.15, -0.1) is 0 Å². The molecule has 20 heavy (non-hydrogen) atoms. The molecule has 0 saturated heterocycles. The number of hydrogen-bond donors (Lipinski definition) is 2. The lowest BCUT2D eigenvalue weighted by molar-refractivity contribution is -0.140. The summed E-state index contributed by atoms with van der Waals surface area (Å²) in [7, 11) is -3.18. The highest BCUT2D eigenvalue weighted by molar-refractivity contribution is 7.91. The first kappa shape index (κ1) is 14.6. The zero-order valence-corrected chi connectivity index (χ0v) is 11.9. The molecular weight excluding hydrogens is 278 g/mol. The molecule has 0 aliphatic heterocycles. The fourth-order valence-electron chi connectivity index (χ4n) is 2.13. The van der Waals surface area contributed by atoms with Crippen LogP contribution in [0.2, 0.25) is 0 Å². The Bertz CT molecular complexity index is 619. The first-order valence-electron chi connectivity index (χ1n) is 6.43. The van der Waals surface area contributed by atoms with E-state index in [1.807, 2.05) is 6.08 Å². The maximum Gasteiger partial charge on any atom is 0.310 e. The van der Waals surface area contributed by atoms with E-state index in [2.05, 4.69) is 5.32 Å². The van der Waals surface area contributed by atoms with Crippen LogP contribution < -0.4 is 5.32 Å². The van der Waals surface area contributed by atoms with Gasteiger partial charge in [-0.1, -0.05) is 19.1 Å². The van der Waals surface area contributed by atoms with Crippen molar-refractivity contribution in [2.75, 3.05) is 11.1 Å². The van der Waals surface area contributed by atoms with Gasteiger partial charge in [-0.3, -0.25) is 4.79 Å². The van der Waals surface area contributed by atoms with Crippen LogP contribution in [-0.2, 0) is 14.6 Å². The summed E-state index contributed by atoms with van der Waals surface area (Å²) in [5, 5.41) is 12.1. The van der Waals surface area contributed by atoms with Crippen molar-refractivity contribution >= 4 is 21.5 Å². The molecule has 2 rings (SSSR count). The molecule has 108 valence electrons. The number of benzene rings is 1. The Morgan fingerprint density at radius 3 is 2.45 bits per heavy atom. The summed E-state index contributed by atoms with van der Waals surface area (Å²) in [6.07, 6.45) is 4.01. The fourth-order valence-corrected chi connectivity index (χ4v) is 3.01. The second-order valence-electron chi connectivity index (χ2n) is 4.74. The molecule has 0 radical (unpaired) electrons. The van der Waals surface area contributed by atoms with Gasteiger partial charge in [-0.25, -0.2) is 8.42 Å². The molecule has 2 atom stereocenters. The van der Waals surface area contributed by atoms with Crippen LogP contribution in [0.15, 0.2) is 41.3 Å². The van der Waals surface area contributed by atoms with E-state index in [0.717, 1.165) is 5.69 Å². The molecule has 0 aromatic heterocycles. The van der Waals surface area contributed by atoms with Crippen molar-refractivity contribution in [2.24, 2.45) is 5.92 Å². The molecule has 1 aliphatic rings. The maximum atomic E-state index is 11.7. The predicted molar refractivity (Wildman–Crippen MR) is 76.5 cm³/mol. The standard InChI is InChI=1S/C14H17NO4S/c1-2-20(18,19)13-7-5-11(6-8-13)15-12-4-3-10(9-12)14(16)17/h3-8,10,12,15H,2,9H2,1H3,(H,16,17). The molecular formula is C14H17NO4S. The van der Waals surface area contributed by atoms with E-state index in [1.54, 1.807) is 37.3 Å². The number of carbonyl (C=O) groups is 1. The van der Waals surface area contributed by atoms with Crippen molar-refractivity contribution in [2.45, 2.75) is 24.3 Å². The first-order valence-corrected chi connectivity index (χ1v) is 8.08. The largest absolute Gasteiger partial charge is 0.481 e. The Kier molecular flexibility index (Phi) is 4.13. The van der Waals surface area contributed by atoms with Crippen molar-refractivity contribution in [1.29, 1.82) is 0 Å². The SMILES string of the molecule is CCS(=O)(=O)c1ccc(NC2C=CC(C(=O)O)C2)cc1. The van der Waals surface area contributed by atoms with Gasteiger partial charge in [-0.05, 0) is 30.7 Å². The van der Waals surface area contributed by atoms with E-state index >= 15 is 0 Å². The van der Waals surface area contributed by atoms with Crippen LogP contribution in [0, 0.1) is 5.92 Å². The van der Waals surface area contributed by atoms with Crippen LogP contribution in [0.3, 0.4) is 0 Å². The van der Waals surface area contributed by atoms with Crippen molar-refractivity contribution < 1.29 is 18.3 Å². The van der Waals surface area contributed by atoms with Crippen molar-refractivity contribution in [3.8, 4) is 0 Å². The average Bonchev–Trinajstić information content (AvgIpc) is 2.88. The Morgan fingerprint density at radius 1 is 1.30 bits per heavy atom. The molecule has 0 saturated carbocycles. The van der Waals surface area contributed by atoms with E-state index < -0.39 is 21.7 Å². The number of sulfone groups is 1. The van der Waals surface area contributed by atoms with E-state index in [1.165, 1.54) is 0 Å². The number of hydrogen-bond acceptors (Lipinski definition) is 4. The van der Waals surface area contributed by atoms with Crippen molar-refractivity contribution in [1.82, 2.24) is 0 Å². The van der Waals surface area contributed by atoms with Crippen LogP contribution in [0.25, 0.3) is 0 Å². The van der Waals surface area contributed by atoms with Crippen LogP contribution in [-0.4, -0.2) is 31.3 Å². The lowest BCUT2D eigenvalue weighted by Crippen LogP contribution is -2.18. The highest BCUT2D eigenvalue weighted by Crippen LogP contribution is 2.22. The molecule has 0 spiro atoms. The molecule has 1 aliphatic carbocycles. The molecule has 0 bridgehead atoms. The lowest BCUT2D eigenvalue weighted by Gasteiger charge is -2.14. The fraction of sp³-hybridized carbons (Fsp3) is 0.357. The van der Waals surface area contributed by atoms with Gasteiger partial charge in [0.15, 0.2) is 9.84 Å². The number of anilines is 1. The monoisotopic (exact) mass is 295 g/mol. The smallest absolute Gasteiger partial charge is 0.310 e. The number of aliphatic carboxylic acids is 1. The lowest BCUT2D eigenvalue weighted by atomic mass is 10.1. The number of carboxylic acids is 1. The molecule has 0 heterocycles. The summed E-state index contributed by atoms with van der Waals surface area (Å²) in [5.74, 6) is -1.20. The van der Waals surface area contributed by atoms with Gasteiger partial charge in [0.05, 0.1) is 16.6 Å². The van der Waals surface area contributed by atoms with E-state index in [-0.39, 0.29) is 11.8 Å². The summed E-state index contributed by atoms with van der Waals surface area (Å²) in [6, 6.07) is 6.49. The highest BCUT2D eigenvalue weighted by atomic mass is 32.2. The zero-order chi connectivity index (χ0) is 14.8. The molecule has 6 heteroatoms. The van der Waals surface area contributed by atoms with E-state index in [9.17, 15) is 13.2 Å². The Hall–Kier alpha value is -1.82. The van der Waals surface area contributed by atoms with Gasteiger partial charge < -0.3 is 10.4 Å². The second kappa shape index (κ2) is 5.66. The molecule has 1 aromatic carbocycles. The summed E-state index contributed by atoms with van der Waals surface area (Å²) in [6.45, 7) is 1.61. The van der Waals surface area contributed by atoms with Crippen LogP contribution in [0.4, 0.5) is 5.69 Å². The zero-order valence-electron chi connectivity index (χ0n) is 11.1. The van der Waals surface area contributed by atoms with Gasteiger partial charge in [0.2, 0.25) is 0 Å². The summed E-state index contributed by atoms with van der Waals surface area (Å²) >= 11 is 0. The molecule has 5 nitrogen and oxygen atoms in total. The van der Waals surface area contributed by atoms with Gasteiger partial charge >= 0.3 is 5.97 Å². The topological polar surface area (TPSA) is 83.5 Å². The Balaban J connectivity index is 2.02. The van der Waals surface area contributed by atoms with Gasteiger partial charge in [0.25, 0.3) is 0 Å². The minimum Gasteiger partial charge on any atom is -0.481 e. The number of rotatable bonds is 5. The molecule has 0 fully saturated rings. The highest BCUT2D eigenvalue weighted by Gasteiger charge is 2.24. The maximum absolute atomic E-state index is 11.7. The van der Waals surface area contributed by atoms with Crippen molar-refractivity contribution in [3.05, 3.63) is 36.4 Å². The minimum absolute atomic E-state index is 0.0373. The Labute approximate surface area is 118 Å². The third kappa shape index (κ3) is 3.19. The summed E-state index contributed by atoms with van der Waals surface area (Å²) in [5.41, 5.74) is 0.778. The first-order chi connectivity index (χ1) is 9.42. The normalized spacial score (nSPS) is 21.9. The quantitative estimate of drug-likeness (QED) is 0.811. The molecule has 2 N–H and O–H groups in total. The van der Waals surface area contributed by atoms with Gasteiger partial charge in [-0.2, -0.15) is 0 Å². The summed E-state index contributed by atoms with van der Waals surface area (Å²) in [4.78, 5) is 11.1. The van der Waals surface area contributed by atoms with E-state index in [0.29, 0.717) is 11.3 Å². The number of carboxylic acid groups (broad SMARTS) is 1. The summed E-state index contributed by atoms with van der Waals surface area (Å²) < 4.78 is 23.4. The number of nitrogens with one attached hydrogen (secondary N) is 1. The van der Waals surface area contributed by atoms with Gasteiger partial charge in [0, 0.05) is 11.7 Å². The predicted octanol–water partition coefficient (Wildman–Crippen LogP) is 1.92. The minimum atomic E-state index is -3.18. The molecule has 1 aromatic rings. The molecule has 0 amide bonds. The van der Waals surface area contributed by atoms with Crippen LogP contribution in [0.1, 0.15) is 13.3 Å². The van der Waals surface area contributed by atoms with Crippen LogP contribution >= 0.6 is 0 Å². The van der Waals surface area contributed by atoms with Crippen LogP contribution in [0.5, 0.6) is 0 Å². The third-order valence-corrected chi connectivity index (χ3v) is 5.10. The van der Waals surface area contributed by atoms with E-state index in [4.69, 9.17) is 5.11 Å². The van der Waals surface area contributed by atoms with Crippen molar-refractivity contribution in [3.63, 3.8) is 0 Å². The average molecular weight is 295 g/mol. The van der Waals surface area contributed by atoms with Gasteiger partial charge in [0.1, 0.15) is 0 Å². The third-order valence-electron chi connectivity index (χ3n) is 3.35. The Morgan fingerprint density at radius 2 is 1.95 bits per heavy atom. The second-order valence-corrected chi connectivity index (χ2v) is 7.02.